The Morgan fingerprint density at radius 2 is 1.81 bits per heavy atom. The van der Waals surface area contributed by atoms with Crippen molar-refractivity contribution in [3.8, 4) is 0 Å². The van der Waals surface area contributed by atoms with Crippen LogP contribution in [0.25, 0.3) is 0 Å². The van der Waals surface area contributed by atoms with Crippen LogP contribution in [-0.2, 0) is 6.42 Å². The van der Waals surface area contributed by atoms with Gasteiger partial charge in [0.25, 0.3) is 0 Å². The predicted molar refractivity (Wildman–Crippen MR) is 64.8 cm³/mol. The summed E-state index contributed by atoms with van der Waals surface area (Å²) in [5, 5.41) is 10.0. The van der Waals surface area contributed by atoms with Crippen molar-refractivity contribution >= 4 is 0 Å². The summed E-state index contributed by atoms with van der Waals surface area (Å²) in [6, 6.07) is 9.56. The van der Waals surface area contributed by atoms with Crippen LogP contribution >= 0.6 is 0 Å². The molecule has 16 heavy (non-hydrogen) atoms. The van der Waals surface area contributed by atoms with Crippen molar-refractivity contribution in [3.63, 3.8) is 0 Å². The van der Waals surface area contributed by atoms with Gasteiger partial charge < -0.3 is 16.6 Å². The highest BCUT2D eigenvalue weighted by atomic mass is 16.3. The Morgan fingerprint density at radius 3 is 2.38 bits per heavy atom. The third-order valence-corrected chi connectivity index (χ3v) is 3.31. The largest absolute Gasteiger partial charge is 0.390 e. The maximum Gasteiger partial charge on any atom is 0.0847 e. The molecule has 1 aromatic rings. The summed E-state index contributed by atoms with van der Waals surface area (Å²) < 4.78 is 0. The number of aliphatic hydroxyl groups is 1. The molecule has 3 heteroatoms. The number of nitrogens with two attached hydrogens (primary N) is 2. The third-order valence-electron chi connectivity index (χ3n) is 3.31. The van der Waals surface area contributed by atoms with Gasteiger partial charge in [-0.05, 0) is 30.7 Å². The second-order valence-electron chi connectivity index (χ2n) is 4.76. The van der Waals surface area contributed by atoms with E-state index in [-0.39, 0.29) is 12.1 Å². The SMILES string of the molecule is NC(C1CC1)[C@H](O)[C@@H](N)Cc1ccccc1. The first kappa shape index (κ1) is 11.6. The van der Waals surface area contributed by atoms with E-state index in [4.69, 9.17) is 11.5 Å². The molecule has 2 rings (SSSR count). The lowest BCUT2D eigenvalue weighted by Gasteiger charge is -2.24. The minimum absolute atomic E-state index is 0.154. The van der Waals surface area contributed by atoms with Crippen molar-refractivity contribution in [1.29, 1.82) is 0 Å². The Morgan fingerprint density at radius 1 is 1.19 bits per heavy atom. The Kier molecular flexibility index (Phi) is 3.59. The second kappa shape index (κ2) is 4.95. The van der Waals surface area contributed by atoms with Gasteiger partial charge in [-0.2, -0.15) is 0 Å². The van der Waals surface area contributed by atoms with Gasteiger partial charge in [0.2, 0.25) is 0 Å². The minimum atomic E-state index is -0.590. The van der Waals surface area contributed by atoms with Gasteiger partial charge in [-0.3, -0.25) is 0 Å². The molecule has 0 radical (unpaired) electrons. The quantitative estimate of drug-likeness (QED) is 0.682. The molecule has 1 unspecified atom stereocenters. The fourth-order valence-corrected chi connectivity index (χ4v) is 2.05. The molecule has 88 valence electrons. The zero-order valence-corrected chi connectivity index (χ0v) is 9.42. The van der Waals surface area contributed by atoms with E-state index in [0.29, 0.717) is 12.3 Å². The molecule has 0 spiro atoms. The van der Waals surface area contributed by atoms with E-state index < -0.39 is 6.10 Å². The summed E-state index contributed by atoms with van der Waals surface area (Å²) in [5.74, 6) is 0.483. The molecule has 3 nitrogen and oxygen atoms in total. The maximum absolute atomic E-state index is 10.0. The smallest absolute Gasteiger partial charge is 0.0847 e. The van der Waals surface area contributed by atoms with Crippen LogP contribution in [0.1, 0.15) is 18.4 Å². The van der Waals surface area contributed by atoms with Crippen LogP contribution in [-0.4, -0.2) is 23.3 Å². The van der Waals surface area contributed by atoms with E-state index in [0.717, 1.165) is 18.4 Å². The lowest BCUT2D eigenvalue weighted by Crippen LogP contribution is -2.49. The Balaban J connectivity index is 1.89. The average Bonchev–Trinajstić information content (AvgIpc) is 3.12. The minimum Gasteiger partial charge on any atom is -0.390 e. The number of benzene rings is 1. The molecule has 3 atom stereocenters. The van der Waals surface area contributed by atoms with Gasteiger partial charge in [-0.15, -0.1) is 0 Å². The Hall–Kier alpha value is -0.900. The highest BCUT2D eigenvalue weighted by Crippen LogP contribution is 2.33. The fraction of sp³-hybridized carbons (Fsp3) is 0.538. The van der Waals surface area contributed by atoms with Crippen LogP contribution in [0, 0.1) is 5.92 Å². The first-order valence-corrected chi connectivity index (χ1v) is 5.91. The van der Waals surface area contributed by atoms with E-state index in [1.165, 1.54) is 0 Å². The van der Waals surface area contributed by atoms with Crippen molar-refractivity contribution in [2.45, 2.75) is 37.5 Å². The summed E-state index contributed by atoms with van der Waals surface area (Å²) in [6.07, 6.45) is 2.36. The van der Waals surface area contributed by atoms with Crippen LogP contribution in [0.3, 0.4) is 0 Å². The van der Waals surface area contributed by atoms with E-state index in [1.54, 1.807) is 0 Å². The van der Waals surface area contributed by atoms with Crippen molar-refractivity contribution < 1.29 is 5.11 Å². The van der Waals surface area contributed by atoms with Gasteiger partial charge in [-0.25, -0.2) is 0 Å². The monoisotopic (exact) mass is 220 g/mol. The fourth-order valence-electron chi connectivity index (χ4n) is 2.05. The van der Waals surface area contributed by atoms with Gasteiger partial charge in [-0.1, -0.05) is 30.3 Å². The van der Waals surface area contributed by atoms with Crippen LogP contribution in [0.5, 0.6) is 0 Å². The Labute approximate surface area is 96.5 Å². The molecule has 1 aliphatic carbocycles. The summed E-state index contributed by atoms with van der Waals surface area (Å²) in [5.41, 5.74) is 13.1. The molecule has 1 aliphatic rings. The molecule has 0 aliphatic heterocycles. The van der Waals surface area contributed by atoms with Crippen LogP contribution in [0.15, 0.2) is 30.3 Å². The van der Waals surface area contributed by atoms with Crippen molar-refractivity contribution in [2.24, 2.45) is 17.4 Å². The maximum atomic E-state index is 10.0. The molecule has 0 amide bonds. The lowest BCUT2D eigenvalue weighted by atomic mass is 9.95. The molecular formula is C13H20N2O. The van der Waals surface area contributed by atoms with Crippen LogP contribution in [0.4, 0.5) is 0 Å². The first-order valence-electron chi connectivity index (χ1n) is 5.91. The third kappa shape index (κ3) is 2.82. The van der Waals surface area contributed by atoms with Gasteiger partial charge in [0, 0.05) is 12.1 Å². The van der Waals surface area contributed by atoms with Gasteiger partial charge in [0.05, 0.1) is 6.10 Å². The summed E-state index contributed by atoms with van der Waals surface area (Å²) >= 11 is 0. The number of aliphatic hydroxyl groups excluding tert-OH is 1. The second-order valence-corrected chi connectivity index (χ2v) is 4.76. The van der Waals surface area contributed by atoms with Crippen LogP contribution < -0.4 is 11.5 Å². The topological polar surface area (TPSA) is 72.3 Å². The van der Waals surface area contributed by atoms with Gasteiger partial charge in [0.15, 0.2) is 0 Å². The number of hydrogen-bond acceptors (Lipinski definition) is 3. The van der Waals surface area contributed by atoms with Crippen molar-refractivity contribution in [1.82, 2.24) is 0 Å². The molecular weight excluding hydrogens is 200 g/mol. The molecule has 1 aromatic carbocycles. The summed E-state index contributed by atoms with van der Waals surface area (Å²) in [4.78, 5) is 0. The van der Waals surface area contributed by atoms with E-state index in [9.17, 15) is 5.11 Å². The van der Waals surface area contributed by atoms with Gasteiger partial charge >= 0.3 is 0 Å². The standard InChI is InChI=1S/C13H20N2O/c14-11(8-9-4-2-1-3-5-9)13(16)12(15)10-6-7-10/h1-5,10-13,16H,6-8,14-15H2/t11-,12?,13+/m0/s1. The molecule has 5 N–H and O–H groups in total. The van der Waals surface area contributed by atoms with Crippen LogP contribution in [0.2, 0.25) is 0 Å². The van der Waals surface area contributed by atoms with E-state index >= 15 is 0 Å². The molecule has 1 fully saturated rings. The van der Waals surface area contributed by atoms with Crippen molar-refractivity contribution in [3.05, 3.63) is 35.9 Å². The molecule has 0 bridgehead atoms. The predicted octanol–water partition coefficient (Wildman–Crippen LogP) is 0.655. The normalized spacial score (nSPS) is 21.4. The average molecular weight is 220 g/mol. The highest BCUT2D eigenvalue weighted by Gasteiger charge is 2.35. The summed E-state index contributed by atoms with van der Waals surface area (Å²) in [6.45, 7) is 0. The molecule has 1 saturated carbocycles. The summed E-state index contributed by atoms with van der Waals surface area (Å²) in [7, 11) is 0. The van der Waals surface area contributed by atoms with Gasteiger partial charge in [0.1, 0.15) is 0 Å². The Bertz CT molecular complexity index is 324. The number of rotatable bonds is 5. The molecule has 0 aromatic heterocycles. The van der Waals surface area contributed by atoms with E-state index in [1.807, 2.05) is 30.3 Å². The van der Waals surface area contributed by atoms with E-state index in [2.05, 4.69) is 0 Å². The van der Waals surface area contributed by atoms with Crippen molar-refractivity contribution in [2.75, 3.05) is 0 Å². The number of hydrogen-bond donors (Lipinski definition) is 3. The zero-order chi connectivity index (χ0) is 11.5. The highest BCUT2D eigenvalue weighted by molar-refractivity contribution is 5.16. The lowest BCUT2D eigenvalue weighted by molar-refractivity contribution is 0.108. The molecule has 0 heterocycles. The molecule has 0 saturated heterocycles. The zero-order valence-electron chi connectivity index (χ0n) is 9.42. The first-order chi connectivity index (χ1) is 7.68.